The van der Waals surface area contributed by atoms with Gasteiger partial charge in [-0.05, 0) is 24.1 Å². The zero-order chi connectivity index (χ0) is 13.0. The third kappa shape index (κ3) is 4.03. The molecule has 108 valence electrons. The van der Waals surface area contributed by atoms with Gasteiger partial charge in [-0.1, -0.05) is 6.07 Å². The van der Waals surface area contributed by atoms with E-state index >= 15 is 0 Å². The van der Waals surface area contributed by atoms with Gasteiger partial charge in [0.2, 0.25) is 0 Å². The van der Waals surface area contributed by atoms with Crippen molar-refractivity contribution in [2.24, 2.45) is 0 Å². The maximum atomic E-state index is 13.4. The first-order valence-corrected chi connectivity index (χ1v) is 6.21. The number of piperazine rings is 1. The highest BCUT2D eigenvalue weighted by atomic mass is 35.5. The summed E-state index contributed by atoms with van der Waals surface area (Å²) >= 11 is 0. The van der Waals surface area contributed by atoms with Crippen molar-refractivity contribution in [1.82, 2.24) is 10.2 Å². The number of aromatic hydroxyl groups is 1. The van der Waals surface area contributed by atoms with Crippen LogP contribution in [-0.2, 0) is 0 Å². The minimum atomic E-state index is -0.647. The predicted octanol–water partition coefficient (Wildman–Crippen LogP) is 2.26. The summed E-state index contributed by atoms with van der Waals surface area (Å²) in [5.74, 6) is -1.01. The lowest BCUT2D eigenvalue weighted by molar-refractivity contribution is 0.157. The van der Waals surface area contributed by atoms with Gasteiger partial charge >= 0.3 is 0 Å². The first kappa shape index (κ1) is 16.1. The van der Waals surface area contributed by atoms with Crippen molar-refractivity contribution in [2.45, 2.75) is 12.5 Å². The average molecular weight is 293 g/mol. The Morgan fingerprint density at radius 1 is 1.32 bits per heavy atom. The number of benzene rings is 1. The molecule has 6 heteroatoms. The second kappa shape index (κ2) is 7.62. The minimum Gasteiger partial charge on any atom is -0.505 e. The van der Waals surface area contributed by atoms with Crippen LogP contribution in [-0.4, -0.2) is 42.9 Å². The number of alkyl halides is 1. The molecular weight excluding hydrogens is 274 g/mol. The lowest BCUT2D eigenvalue weighted by Gasteiger charge is -2.34. The normalized spacial score (nSPS) is 17.8. The smallest absolute Gasteiger partial charge is 0.165 e. The molecule has 1 atom stereocenters. The van der Waals surface area contributed by atoms with Crippen LogP contribution in [0.1, 0.15) is 18.0 Å². The van der Waals surface area contributed by atoms with E-state index in [4.69, 9.17) is 0 Å². The summed E-state index contributed by atoms with van der Waals surface area (Å²) in [6.45, 7) is 2.95. The molecule has 0 radical (unpaired) electrons. The van der Waals surface area contributed by atoms with Crippen LogP contribution < -0.4 is 5.32 Å². The Morgan fingerprint density at radius 3 is 2.58 bits per heavy atom. The molecule has 0 aromatic heterocycles. The summed E-state index contributed by atoms with van der Waals surface area (Å²) in [4.78, 5) is 2.15. The first-order valence-electron chi connectivity index (χ1n) is 6.21. The van der Waals surface area contributed by atoms with Crippen molar-refractivity contribution >= 4 is 12.4 Å². The van der Waals surface area contributed by atoms with Gasteiger partial charge < -0.3 is 10.4 Å². The fraction of sp³-hybridized carbons (Fsp3) is 0.538. The molecular formula is C13H19ClF2N2O. The number of nitrogens with one attached hydrogen (secondary N) is 1. The highest BCUT2D eigenvalue weighted by molar-refractivity contribution is 5.85. The largest absolute Gasteiger partial charge is 0.505 e. The third-order valence-corrected chi connectivity index (χ3v) is 3.33. The molecule has 1 fully saturated rings. The fourth-order valence-electron chi connectivity index (χ4n) is 2.39. The predicted molar refractivity (Wildman–Crippen MR) is 73.1 cm³/mol. The second-order valence-electron chi connectivity index (χ2n) is 4.49. The van der Waals surface area contributed by atoms with Gasteiger partial charge in [0.25, 0.3) is 0 Å². The van der Waals surface area contributed by atoms with Crippen molar-refractivity contribution in [3.63, 3.8) is 0 Å². The zero-order valence-electron chi connectivity index (χ0n) is 10.6. The van der Waals surface area contributed by atoms with Crippen molar-refractivity contribution < 1.29 is 13.9 Å². The van der Waals surface area contributed by atoms with Crippen LogP contribution in [0.25, 0.3) is 0 Å². The van der Waals surface area contributed by atoms with Crippen LogP contribution in [0.2, 0.25) is 0 Å². The molecule has 0 unspecified atom stereocenters. The topological polar surface area (TPSA) is 35.5 Å². The van der Waals surface area contributed by atoms with E-state index in [1.807, 2.05) is 0 Å². The monoisotopic (exact) mass is 292 g/mol. The highest BCUT2D eigenvalue weighted by Gasteiger charge is 2.22. The summed E-state index contributed by atoms with van der Waals surface area (Å²) in [5.41, 5.74) is 0.727. The van der Waals surface area contributed by atoms with Crippen LogP contribution in [0.5, 0.6) is 5.75 Å². The Balaban J connectivity index is 0.00000180. The first-order chi connectivity index (χ1) is 8.72. The van der Waals surface area contributed by atoms with Crippen molar-refractivity contribution in [3.05, 3.63) is 29.6 Å². The van der Waals surface area contributed by atoms with E-state index in [0.29, 0.717) is 6.42 Å². The minimum absolute atomic E-state index is 0. The number of phenolic OH excluding ortho intramolecular Hbond substituents is 1. The lowest BCUT2D eigenvalue weighted by Crippen LogP contribution is -2.45. The third-order valence-electron chi connectivity index (χ3n) is 3.33. The Hall–Kier alpha value is -0.910. The van der Waals surface area contributed by atoms with E-state index in [9.17, 15) is 13.9 Å². The Kier molecular flexibility index (Phi) is 6.48. The van der Waals surface area contributed by atoms with Gasteiger partial charge in [0.05, 0.1) is 6.67 Å². The van der Waals surface area contributed by atoms with Gasteiger partial charge in [-0.2, -0.15) is 0 Å². The SMILES string of the molecule is Cl.Oc1ccc([C@@H](CCF)N2CCNCC2)cc1F. The highest BCUT2D eigenvalue weighted by Crippen LogP contribution is 2.28. The Bertz CT molecular complexity index is 400. The molecule has 0 spiro atoms. The van der Waals surface area contributed by atoms with Crippen molar-refractivity contribution in [3.8, 4) is 5.75 Å². The maximum absolute atomic E-state index is 13.4. The molecule has 0 amide bonds. The Morgan fingerprint density at radius 2 is 2.00 bits per heavy atom. The van der Waals surface area contributed by atoms with Gasteiger partial charge in [0, 0.05) is 32.2 Å². The van der Waals surface area contributed by atoms with E-state index in [1.165, 1.54) is 12.1 Å². The summed E-state index contributed by atoms with van der Waals surface area (Å²) in [6.07, 6.45) is 0.351. The van der Waals surface area contributed by atoms with Gasteiger partial charge in [-0.25, -0.2) is 4.39 Å². The summed E-state index contributed by atoms with van der Waals surface area (Å²) < 4.78 is 26.1. The molecule has 0 aliphatic carbocycles. The van der Waals surface area contributed by atoms with Crippen molar-refractivity contribution in [2.75, 3.05) is 32.9 Å². The van der Waals surface area contributed by atoms with E-state index in [-0.39, 0.29) is 24.2 Å². The van der Waals surface area contributed by atoms with E-state index in [2.05, 4.69) is 10.2 Å². The van der Waals surface area contributed by atoms with Crippen LogP contribution >= 0.6 is 12.4 Å². The van der Waals surface area contributed by atoms with Crippen molar-refractivity contribution in [1.29, 1.82) is 0 Å². The molecule has 2 N–H and O–H groups in total. The summed E-state index contributed by atoms with van der Waals surface area (Å²) in [5, 5.41) is 12.4. The fourth-order valence-corrected chi connectivity index (χ4v) is 2.39. The summed E-state index contributed by atoms with van der Waals surface area (Å²) in [6, 6.07) is 4.18. The molecule has 1 aromatic rings. The Labute approximate surface area is 118 Å². The number of halogens is 3. The molecule has 1 aliphatic heterocycles. The molecule has 19 heavy (non-hydrogen) atoms. The van der Waals surface area contributed by atoms with Gasteiger partial charge in [0.1, 0.15) is 0 Å². The number of rotatable bonds is 4. The van der Waals surface area contributed by atoms with Crippen LogP contribution in [0, 0.1) is 5.82 Å². The molecule has 0 saturated carbocycles. The van der Waals surface area contributed by atoms with Crippen LogP contribution in [0.3, 0.4) is 0 Å². The maximum Gasteiger partial charge on any atom is 0.165 e. The summed E-state index contributed by atoms with van der Waals surface area (Å²) in [7, 11) is 0. The van der Waals surface area contributed by atoms with E-state index in [1.54, 1.807) is 6.07 Å². The zero-order valence-corrected chi connectivity index (χ0v) is 11.4. The second-order valence-corrected chi connectivity index (χ2v) is 4.49. The number of hydrogen-bond acceptors (Lipinski definition) is 3. The molecule has 1 aliphatic rings. The van der Waals surface area contributed by atoms with Gasteiger partial charge in [-0.3, -0.25) is 9.29 Å². The number of phenols is 1. The molecule has 1 aromatic carbocycles. The molecule has 0 bridgehead atoms. The quantitative estimate of drug-likeness (QED) is 0.893. The standard InChI is InChI=1S/C13H18F2N2O.ClH/c14-4-3-12(17-7-5-16-6-8-17)10-1-2-13(18)11(15)9-10;/h1-2,9,12,16,18H,3-8H2;1H/t12-;/m1./s1. The van der Waals surface area contributed by atoms with Gasteiger partial charge in [-0.15, -0.1) is 12.4 Å². The van der Waals surface area contributed by atoms with E-state index < -0.39 is 12.5 Å². The average Bonchev–Trinajstić information content (AvgIpc) is 2.40. The van der Waals surface area contributed by atoms with Gasteiger partial charge in [0.15, 0.2) is 11.6 Å². The van der Waals surface area contributed by atoms with Crippen LogP contribution in [0.4, 0.5) is 8.78 Å². The molecule has 1 saturated heterocycles. The molecule has 2 rings (SSSR count). The molecule has 3 nitrogen and oxygen atoms in total. The molecule has 1 heterocycles. The van der Waals surface area contributed by atoms with E-state index in [0.717, 1.165) is 31.7 Å². The van der Waals surface area contributed by atoms with Crippen LogP contribution in [0.15, 0.2) is 18.2 Å². The number of nitrogens with zero attached hydrogens (tertiary/aromatic N) is 1. The lowest BCUT2D eigenvalue weighted by atomic mass is 10.0. The number of hydrogen-bond donors (Lipinski definition) is 2.